The quantitative estimate of drug-likeness (QED) is 0.821. The van der Waals surface area contributed by atoms with E-state index in [2.05, 4.69) is 17.4 Å². The molecule has 3 atom stereocenters. The van der Waals surface area contributed by atoms with E-state index < -0.39 is 0 Å². The van der Waals surface area contributed by atoms with Crippen molar-refractivity contribution in [1.82, 2.24) is 5.32 Å². The van der Waals surface area contributed by atoms with Crippen LogP contribution in [0.5, 0.6) is 0 Å². The number of benzene rings is 1. The standard InChI is InChI=1S/C17H22N2O/c18-16(20)12-5-4-11-10-15-13-3-1-2-6-17(13,7-8-19-15)14(11)9-12/h4-5,9,13,15,19H,1-3,6-8,10H2,(H2,18,20)/t13-,15+,17+/m0/s1. The lowest BCUT2D eigenvalue weighted by molar-refractivity contribution is 0.0796. The smallest absolute Gasteiger partial charge is 0.248 e. The van der Waals surface area contributed by atoms with Crippen LogP contribution in [-0.4, -0.2) is 18.5 Å². The number of hydrogen-bond donors (Lipinski definition) is 2. The highest BCUT2D eigenvalue weighted by Gasteiger charge is 2.51. The molecule has 2 bridgehead atoms. The molecule has 2 fully saturated rings. The molecule has 3 N–H and O–H groups in total. The van der Waals surface area contributed by atoms with Crippen LogP contribution in [0.2, 0.25) is 0 Å². The molecule has 1 aliphatic heterocycles. The first-order chi connectivity index (χ1) is 9.71. The summed E-state index contributed by atoms with van der Waals surface area (Å²) in [6.45, 7) is 1.11. The highest BCUT2D eigenvalue weighted by atomic mass is 16.1. The maximum absolute atomic E-state index is 11.5. The maximum Gasteiger partial charge on any atom is 0.248 e. The van der Waals surface area contributed by atoms with Gasteiger partial charge in [0, 0.05) is 17.0 Å². The van der Waals surface area contributed by atoms with Crippen molar-refractivity contribution in [3.8, 4) is 0 Å². The van der Waals surface area contributed by atoms with E-state index in [0.717, 1.165) is 18.9 Å². The van der Waals surface area contributed by atoms with Gasteiger partial charge in [0.05, 0.1) is 0 Å². The third-order valence-corrected chi connectivity index (χ3v) is 5.93. The summed E-state index contributed by atoms with van der Waals surface area (Å²) in [7, 11) is 0. The van der Waals surface area contributed by atoms with Crippen LogP contribution in [0.25, 0.3) is 0 Å². The SMILES string of the molecule is NC(=O)c1ccc2c(c1)[C@@]13CCCC[C@H]1[C@@H](C2)NCC3. The lowest BCUT2D eigenvalue weighted by atomic mass is 9.52. The number of carbonyl (C=O) groups is 1. The Labute approximate surface area is 119 Å². The van der Waals surface area contributed by atoms with Gasteiger partial charge >= 0.3 is 0 Å². The third-order valence-electron chi connectivity index (χ3n) is 5.93. The summed E-state index contributed by atoms with van der Waals surface area (Å²) >= 11 is 0. The van der Waals surface area contributed by atoms with Crippen molar-refractivity contribution < 1.29 is 4.79 Å². The fourth-order valence-corrected chi connectivity index (χ4v) is 5.08. The summed E-state index contributed by atoms with van der Waals surface area (Å²) in [6, 6.07) is 6.78. The molecular weight excluding hydrogens is 248 g/mol. The highest BCUT2D eigenvalue weighted by Crippen LogP contribution is 2.53. The molecule has 0 unspecified atom stereocenters. The molecule has 0 radical (unpaired) electrons. The molecule has 3 nitrogen and oxygen atoms in total. The molecule has 1 aromatic carbocycles. The van der Waals surface area contributed by atoms with Gasteiger partial charge < -0.3 is 11.1 Å². The van der Waals surface area contributed by atoms with Crippen molar-refractivity contribution in [3.63, 3.8) is 0 Å². The Morgan fingerprint density at radius 2 is 2.20 bits per heavy atom. The van der Waals surface area contributed by atoms with Gasteiger partial charge in [0.15, 0.2) is 0 Å². The minimum Gasteiger partial charge on any atom is -0.366 e. The van der Waals surface area contributed by atoms with Crippen molar-refractivity contribution in [2.75, 3.05) is 6.54 Å². The Morgan fingerprint density at radius 1 is 1.30 bits per heavy atom. The fraction of sp³-hybridized carbons (Fsp3) is 0.588. The van der Waals surface area contributed by atoms with Gasteiger partial charge in [0.1, 0.15) is 0 Å². The number of piperidine rings is 1. The average molecular weight is 270 g/mol. The molecular formula is C17H22N2O. The lowest BCUT2D eigenvalue weighted by Crippen LogP contribution is -2.59. The molecule has 1 saturated carbocycles. The predicted molar refractivity (Wildman–Crippen MR) is 78.7 cm³/mol. The van der Waals surface area contributed by atoms with Crippen molar-refractivity contribution in [1.29, 1.82) is 0 Å². The molecule has 3 aliphatic rings. The van der Waals surface area contributed by atoms with Crippen LogP contribution in [0.15, 0.2) is 18.2 Å². The fourth-order valence-electron chi connectivity index (χ4n) is 5.08. The number of nitrogens with two attached hydrogens (primary N) is 1. The minimum atomic E-state index is -0.299. The molecule has 0 aromatic heterocycles. The summed E-state index contributed by atoms with van der Waals surface area (Å²) in [6.07, 6.45) is 7.62. The van der Waals surface area contributed by atoms with Crippen molar-refractivity contribution in [3.05, 3.63) is 34.9 Å². The molecule has 1 heterocycles. The molecule has 20 heavy (non-hydrogen) atoms. The Balaban J connectivity index is 1.89. The van der Waals surface area contributed by atoms with Crippen LogP contribution in [0, 0.1) is 5.92 Å². The molecule has 1 aromatic rings. The van der Waals surface area contributed by atoms with Gasteiger partial charge in [-0.2, -0.15) is 0 Å². The highest BCUT2D eigenvalue weighted by molar-refractivity contribution is 5.93. The van der Waals surface area contributed by atoms with Crippen LogP contribution in [0.4, 0.5) is 0 Å². The molecule has 3 heteroatoms. The largest absolute Gasteiger partial charge is 0.366 e. The lowest BCUT2D eigenvalue weighted by Gasteiger charge is -2.56. The average Bonchev–Trinajstić information content (AvgIpc) is 2.46. The first-order valence-electron chi connectivity index (χ1n) is 7.87. The normalized spacial score (nSPS) is 35.0. The number of nitrogens with one attached hydrogen (secondary N) is 1. The summed E-state index contributed by atoms with van der Waals surface area (Å²) in [5, 5.41) is 3.73. The second-order valence-corrected chi connectivity index (χ2v) is 6.76. The van der Waals surface area contributed by atoms with Crippen molar-refractivity contribution in [2.24, 2.45) is 11.7 Å². The molecule has 0 spiro atoms. The molecule has 1 amide bonds. The van der Waals surface area contributed by atoms with E-state index >= 15 is 0 Å². The zero-order valence-electron chi connectivity index (χ0n) is 11.8. The van der Waals surface area contributed by atoms with Gasteiger partial charge in [-0.05, 0) is 61.4 Å². The second-order valence-electron chi connectivity index (χ2n) is 6.76. The number of carbonyl (C=O) groups excluding carboxylic acids is 1. The predicted octanol–water partition coefficient (Wildman–Crippen LogP) is 2.13. The van der Waals surface area contributed by atoms with Crippen molar-refractivity contribution >= 4 is 5.91 Å². The van der Waals surface area contributed by atoms with Gasteiger partial charge in [0.25, 0.3) is 0 Å². The Kier molecular flexibility index (Phi) is 2.68. The Morgan fingerprint density at radius 3 is 3.05 bits per heavy atom. The summed E-state index contributed by atoms with van der Waals surface area (Å²) in [5.74, 6) is 0.452. The van der Waals surface area contributed by atoms with Gasteiger partial charge in [-0.3, -0.25) is 4.79 Å². The second kappa shape index (κ2) is 4.32. The van der Waals surface area contributed by atoms with Gasteiger partial charge in [0.2, 0.25) is 5.91 Å². The number of rotatable bonds is 1. The van der Waals surface area contributed by atoms with E-state index in [4.69, 9.17) is 5.73 Å². The van der Waals surface area contributed by atoms with Crippen LogP contribution in [0.1, 0.15) is 53.6 Å². The number of primary amides is 1. The Bertz CT molecular complexity index is 564. The minimum absolute atomic E-state index is 0.299. The van der Waals surface area contributed by atoms with Gasteiger partial charge in [-0.25, -0.2) is 0 Å². The van der Waals surface area contributed by atoms with E-state index in [-0.39, 0.29) is 5.91 Å². The van der Waals surface area contributed by atoms with E-state index in [1.807, 2.05) is 6.07 Å². The molecule has 106 valence electrons. The van der Waals surface area contributed by atoms with E-state index in [1.165, 1.54) is 43.2 Å². The summed E-state index contributed by atoms with van der Waals surface area (Å²) < 4.78 is 0. The summed E-state index contributed by atoms with van der Waals surface area (Å²) in [4.78, 5) is 11.5. The number of amides is 1. The van der Waals surface area contributed by atoms with Gasteiger partial charge in [-0.15, -0.1) is 0 Å². The number of fused-ring (bicyclic) bond motifs is 1. The third kappa shape index (κ3) is 1.59. The maximum atomic E-state index is 11.5. The molecule has 1 saturated heterocycles. The molecule has 2 aliphatic carbocycles. The zero-order chi connectivity index (χ0) is 13.7. The monoisotopic (exact) mass is 270 g/mol. The number of hydrogen-bond acceptors (Lipinski definition) is 2. The van der Waals surface area contributed by atoms with Crippen LogP contribution >= 0.6 is 0 Å². The topological polar surface area (TPSA) is 55.1 Å². The summed E-state index contributed by atoms with van der Waals surface area (Å²) in [5.41, 5.74) is 9.36. The molecule has 4 rings (SSSR count). The van der Waals surface area contributed by atoms with Crippen LogP contribution < -0.4 is 11.1 Å². The Hall–Kier alpha value is -1.35. The van der Waals surface area contributed by atoms with Crippen LogP contribution in [0.3, 0.4) is 0 Å². The van der Waals surface area contributed by atoms with Gasteiger partial charge in [-0.1, -0.05) is 18.9 Å². The van der Waals surface area contributed by atoms with E-state index in [9.17, 15) is 4.79 Å². The zero-order valence-corrected chi connectivity index (χ0v) is 11.8. The van der Waals surface area contributed by atoms with Crippen molar-refractivity contribution in [2.45, 2.75) is 50.0 Å². The van der Waals surface area contributed by atoms with E-state index in [0.29, 0.717) is 17.0 Å². The van der Waals surface area contributed by atoms with E-state index in [1.54, 1.807) is 0 Å². The van der Waals surface area contributed by atoms with Crippen LogP contribution in [-0.2, 0) is 11.8 Å². The first kappa shape index (κ1) is 12.4. The first-order valence-corrected chi connectivity index (χ1v) is 7.87.